The van der Waals surface area contributed by atoms with Gasteiger partial charge in [-0.15, -0.1) is 11.3 Å². The fourth-order valence-corrected chi connectivity index (χ4v) is 2.21. The van der Waals surface area contributed by atoms with E-state index in [2.05, 4.69) is 15.6 Å². The van der Waals surface area contributed by atoms with Crippen molar-refractivity contribution in [3.63, 3.8) is 0 Å². The fraction of sp³-hybridized carbons (Fsp3) is 0.667. The molecule has 1 aromatic rings. The van der Waals surface area contributed by atoms with Crippen LogP contribution in [-0.4, -0.2) is 35.3 Å². The minimum atomic E-state index is -0.166. The van der Waals surface area contributed by atoms with Crippen LogP contribution in [0.25, 0.3) is 0 Å². The number of aromatic nitrogens is 1. The van der Waals surface area contributed by atoms with Gasteiger partial charge in [-0.3, -0.25) is 0 Å². The lowest BCUT2D eigenvalue weighted by molar-refractivity contribution is 0.193. The third-order valence-corrected chi connectivity index (χ3v) is 3.01. The highest BCUT2D eigenvalue weighted by Gasteiger charge is 2.21. The Balaban J connectivity index is 1.64. The quantitative estimate of drug-likeness (QED) is 0.656. The molecule has 0 spiro atoms. The van der Waals surface area contributed by atoms with Crippen LogP contribution in [0.3, 0.4) is 0 Å². The van der Waals surface area contributed by atoms with Crippen molar-refractivity contribution in [1.29, 1.82) is 0 Å². The molecule has 2 heterocycles. The molecule has 0 amide bonds. The van der Waals surface area contributed by atoms with Crippen LogP contribution in [0.2, 0.25) is 0 Å². The van der Waals surface area contributed by atoms with Crippen molar-refractivity contribution < 1.29 is 5.11 Å². The third-order valence-electron chi connectivity index (χ3n) is 2.38. The highest BCUT2D eigenvalue weighted by Crippen LogP contribution is 2.05. The van der Waals surface area contributed by atoms with Crippen LogP contribution in [0.5, 0.6) is 0 Å². The molecule has 5 heteroatoms. The van der Waals surface area contributed by atoms with E-state index in [0.29, 0.717) is 6.04 Å². The largest absolute Gasteiger partial charge is 0.392 e. The van der Waals surface area contributed by atoms with E-state index in [1.807, 2.05) is 10.9 Å². The first-order valence-corrected chi connectivity index (χ1v) is 5.78. The second-order valence-electron chi connectivity index (χ2n) is 3.61. The summed E-state index contributed by atoms with van der Waals surface area (Å²) in [7, 11) is 0. The predicted molar refractivity (Wildman–Crippen MR) is 56.2 cm³/mol. The molecule has 1 aliphatic rings. The Morgan fingerprint density at radius 3 is 3.29 bits per heavy atom. The summed E-state index contributed by atoms with van der Waals surface area (Å²) >= 11 is 1.62. The molecule has 2 rings (SSSR count). The van der Waals surface area contributed by atoms with Crippen molar-refractivity contribution in [2.45, 2.75) is 25.1 Å². The number of hydrogen-bond acceptors (Lipinski definition) is 5. The molecular weight excluding hydrogens is 198 g/mol. The van der Waals surface area contributed by atoms with E-state index in [-0.39, 0.29) is 6.10 Å². The van der Waals surface area contributed by atoms with Gasteiger partial charge < -0.3 is 15.7 Å². The lowest BCUT2D eigenvalue weighted by atomic mass is 10.2. The van der Waals surface area contributed by atoms with E-state index in [1.165, 1.54) is 0 Å². The summed E-state index contributed by atoms with van der Waals surface area (Å²) in [5.41, 5.74) is 2.93. The lowest BCUT2D eigenvalue weighted by Crippen LogP contribution is -2.33. The average Bonchev–Trinajstić information content (AvgIpc) is 2.77. The molecule has 0 radical (unpaired) electrons. The Hall–Kier alpha value is -0.490. The Morgan fingerprint density at radius 2 is 2.64 bits per heavy atom. The van der Waals surface area contributed by atoms with Gasteiger partial charge in [0, 0.05) is 31.1 Å². The zero-order valence-electron chi connectivity index (χ0n) is 7.94. The Kier molecular flexibility index (Phi) is 3.47. The van der Waals surface area contributed by atoms with Gasteiger partial charge in [0.25, 0.3) is 0 Å². The van der Waals surface area contributed by atoms with Crippen LogP contribution in [0.1, 0.15) is 12.1 Å². The number of β-amino-alcohol motifs (C(OH)–C–C–N with tert-alkyl or cyclic N) is 1. The van der Waals surface area contributed by atoms with Gasteiger partial charge in [-0.25, -0.2) is 4.98 Å². The summed E-state index contributed by atoms with van der Waals surface area (Å²) in [4.78, 5) is 4.18. The van der Waals surface area contributed by atoms with E-state index in [9.17, 15) is 5.11 Å². The first-order valence-electron chi connectivity index (χ1n) is 4.84. The zero-order valence-corrected chi connectivity index (χ0v) is 8.76. The van der Waals surface area contributed by atoms with Crippen molar-refractivity contribution in [2.75, 3.05) is 13.1 Å². The molecule has 2 atom stereocenters. The van der Waals surface area contributed by atoms with Gasteiger partial charge in [0.1, 0.15) is 0 Å². The molecule has 1 saturated heterocycles. The summed E-state index contributed by atoms with van der Waals surface area (Å²) in [5.74, 6) is 0. The maximum atomic E-state index is 9.28. The zero-order chi connectivity index (χ0) is 9.80. The topological polar surface area (TPSA) is 57.2 Å². The minimum absolute atomic E-state index is 0.166. The molecule has 2 unspecified atom stereocenters. The number of rotatable bonds is 4. The van der Waals surface area contributed by atoms with Crippen LogP contribution in [0, 0.1) is 0 Å². The average molecular weight is 213 g/mol. The molecule has 4 nitrogen and oxygen atoms in total. The molecule has 1 aromatic heterocycles. The van der Waals surface area contributed by atoms with Gasteiger partial charge in [-0.1, -0.05) is 0 Å². The molecule has 14 heavy (non-hydrogen) atoms. The molecule has 0 saturated carbocycles. The van der Waals surface area contributed by atoms with Crippen molar-refractivity contribution >= 4 is 11.3 Å². The number of aliphatic hydroxyl groups is 1. The smallest absolute Gasteiger partial charge is 0.0795 e. The van der Waals surface area contributed by atoms with E-state index in [1.54, 1.807) is 11.3 Å². The Bertz CT molecular complexity index is 265. The summed E-state index contributed by atoms with van der Waals surface area (Å²) in [6, 6.07) is 0.406. The highest BCUT2D eigenvalue weighted by molar-refractivity contribution is 7.07. The van der Waals surface area contributed by atoms with Gasteiger partial charge in [0.15, 0.2) is 0 Å². The fourth-order valence-electron chi connectivity index (χ4n) is 1.65. The van der Waals surface area contributed by atoms with Gasteiger partial charge in [-0.2, -0.15) is 0 Å². The summed E-state index contributed by atoms with van der Waals surface area (Å²) in [6.07, 6.45) is 0.686. The Morgan fingerprint density at radius 1 is 1.71 bits per heavy atom. The number of nitrogens with one attached hydrogen (secondary N) is 2. The van der Waals surface area contributed by atoms with E-state index >= 15 is 0 Å². The predicted octanol–water partition coefficient (Wildman–Crippen LogP) is -0.0445. The SMILES string of the molecule is OC1CNC(CNCc2cscn2)C1. The van der Waals surface area contributed by atoms with Gasteiger partial charge >= 0.3 is 0 Å². The molecule has 0 aliphatic carbocycles. The summed E-state index contributed by atoms with van der Waals surface area (Å²) < 4.78 is 0. The molecule has 1 fully saturated rings. The third kappa shape index (κ3) is 2.75. The maximum absolute atomic E-state index is 9.28. The molecule has 1 aliphatic heterocycles. The summed E-state index contributed by atoms with van der Waals surface area (Å²) in [6.45, 7) is 2.44. The highest BCUT2D eigenvalue weighted by atomic mass is 32.1. The number of aliphatic hydroxyl groups excluding tert-OH is 1. The van der Waals surface area contributed by atoms with E-state index < -0.39 is 0 Å². The molecular formula is C9H15N3OS. The van der Waals surface area contributed by atoms with Crippen molar-refractivity contribution in [1.82, 2.24) is 15.6 Å². The monoisotopic (exact) mass is 213 g/mol. The van der Waals surface area contributed by atoms with Gasteiger partial charge in [-0.05, 0) is 6.42 Å². The molecule has 0 bridgehead atoms. The standard InChI is InChI=1S/C9H15N3OS/c13-9-1-7(11-4-9)2-10-3-8-5-14-6-12-8/h5-7,9-11,13H,1-4H2. The van der Waals surface area contributed by atoms with E-state index in [0.717, 1.165) is 31.7 Å². The van der Waals surface area contributed by atoms with Gasteiger partial charge in [0.05, 0.1) is 17.3 Å². The van der Waals surface area contributed by atoms with Crippen molar-refractivity contribution in [2.24, 2.45) is 0 Å². The van der Waals surface area contributed by atoms with E-state index in [4.69, 9.17) is 0 Å². The van der Waals surface area contributed by atoms with Crippen molar-refractivity contribution in [3.05, 3.63) is 16.6 Å². The van der Waals surface area contributed by atoms with Crippen molar-refractivity contribution in [3.8, 4) is 0 Å². The van der Waals surface area contributed by atoms with Crippen LogP contribution in [0.15, 0.2) is 10.9 Å². The number of thiazole rings is 1. The maximum Gasteiger partial charge on any atom is 0.0795 e. The number of nitrogens with zero attached hydrogens (tertiary/aromatic N) is 1. The van der Waals surface area contributed by atoms with Crippen LogP contribution >= 0.6 is 11.3 Å². The second-order valence-corrected chi connectivity index (χ2v) is 4.32. The van der Waals surface area contributed by atoms with Crippen LogP contribution < -0.4 is 10.6 Å². The summed E-state index contributed by atoms with van der Waals surface area (Å²) in [5, 5.41) is 17.9. The number of hydrogen-bond donors (Lipinski definition) is 3. The molecule has 3 N–H and O–H groups in total. The van der Waals surface area contributed by atoms with Crippen LogP contribution in [0.4, 0.5) is 0 Å². The van der Waals surface area contributed by atoms with Crippen LogP contribution in [-0.2, 0) is 6.54 Å². The minimum Gasteiger partial charge on any atom is -0.392 e. The molecule has 78 valence electrons. The second kappa shape index (κ2) is 4.84. The van der Waals surface area contributed by atoms with Gasteiger partial charge in [0.2, 0.25) is 0 Å². The molecule has 0 aromatic carbocycles. The first kappa shape index (κ1) is 10.0. The first-order chi connectivity index (χ1) is 6.84. The Labute approximate surface area is 87.4 Å². The normalized spacial score (nSPS) is 26.9. The lowest BCUT2D eigenvalue weighted by Gasteiger charge is -2.09.